The van der Waals surface area contributed by atoms with E-state index in [0.29, 0.717) is 38.3 Å². The van der Waals surface area contributed by atoms with Crippen molar-refractivity contribution in [1.29, 1.82) is 0 Å². The van der Waals surface area contributed by atoms with Crippen LogP contribution in [0.2, 0.25) is 0 Å². The standard InChI is InChI=1S/C20H20FN3O2/c21-16-5-3-4-15(12-16)13-23-10-7-20(19(23)26)8-11-24(14-20)18(25)17-6-1-2-9-22-17/h1-6,9,12H,7-8,10-11,13-14H2/t20-/m0/s1. The van der Waals surface area contributed by atoms with Crippen molar-refractivity contribution in [3.63, 3.8) is 0 Å². The SMILES string of the molecule is O=C(c1ccccn1)N1CC[C@@]2(CCN(Cc3cccc(F)c3)C2=O)C1. The molecule has 2 amide bonds. The van der Waals surface area contributed by atoms with Crippen molar-refractivity contribution in [3.05, 3.63) is 65.7 Å². The highest BCUT2D eigenvalue weighted by Crippen LogP contribution is 2.41. The van der Waals surface area contributed by atoms with E-state index in [2.05, 4.69) is 4.98 Å². The third-order valence-corrected chi connectivity index (χ3v) is 5.39. The monoisotopic (exact) mass is 353 g/mol. The van der Waals surface area contributed by atoms with Crippen molar-refractivity contribution in [1.82, 2.24) is 14.8 Å². The summed E-state index contributed by atoms with van der Waals surface area (Å²) in [6.07, 6.45) is 3.00. The number of likely N-dealkylation sites (tertiary alicyclic amines) is 2. The van der Waals surface area contributed by atoms with Crippen molar-refractivity contribution in [2.24, 2.45) is 5.41 Å². The van der Waals surface area contributed by atoms with Gasteiger partial charge in [-0.1, -0.05) is 18.2 Å². The molecule has 3 heterocycles. The molecule has 1 spiro atoms. The quantitative estimate of drug-likeness (QED) is 0.852. The maximum Gasteiger partial charge on any atom is 0.272 e. The zero-order valence-corrected chi connectivity index (χ0v) is 14.4. The fourth-order valence-electron chi connectivity index (χ4n) is 3.98. The van der Waals surface area contributed by atoms with E-state index in [1.165, 1.54) is 12.1 Å². The van der Waals surface area contributed by atoms with E-state index in [-0.39, 0.29) is 17.6 Å². The molecule has 0 saturated carbocycles. The summed E-state index contributed by atoms with van der Waals surface area (Å²) >= 11 is 0. The van der Waals surface area contributed by atoms with Crippen molar-refractivity contribution in [2.75, 3.05) is 19.6 Å². The van der Waals surface area contributed by atoms with E-state index in [4.69, 9.17) is 0 Å². The van der Waals surface area contributed by atoms with Crippen LogP contribution in [0.1, 0.15) is 28.9 Å². The smallest absolute Gasteiger partial charge is 0.272 e. The number of halogens is 1. The molecule has 26 heavy (non-hydrogen) atoms. The lowest BCUT2D eigenvalue weighted by Crippen LogP contribution is -2.38. The van der Waals surface area contributed by atoms with Gasteiger partial charge in [-0.05, 0) is 42.7 Å². The number of amides is 2. The summed E-state index contributed by atoms with van der Waals surface area (Å²) in [5.41, 5.74) is 0.694. The lowest BCUT2D eigenvalue weighted by atomic mass is 9.85. The van der Waals surface area contributed by atoms with E-state index in [9.17, 15) is 14.0 Å². The van der Waals surface area contributed by atoms with Crippen LogP contribution in [0.15, 0.2) is 48.7 Å². The molecule has 0 aliphatic carbocycles. The molecule has 5 nitrogen and oxygen atoms in total. The van der Waals surface area contributed by atoms with E-state index in [0.717, 1.165) is 12.0 Å². The maximum absolute atomic E-state index is 13.4. The molecular weight excluding hydrogens is 333 g/mol. The fraction of sp³-hybridized carbons (Fsp3) is 0.350. The minimum Gasteiger partial charge on any atom is -0.338 e. The summed E-state index contributed by atoms with van der Waals surface area (Å²) in [7, 11) is 0. The number of hydrogen-bond donors (Lipinski definition) is 0. The topological polar surface area (TPSA) is 53.5 Å². The van der Waals surface area contributed by atoms with Crippen LogP contribution in [0.25, 0.3) is 0 Å². The van der Waals surface area contributed by atoms with Gasteiger partial charge in [0.05, 0.1) is 5.41 Å². The second kappa shape index (κ2) is 6.52. The van der Waals surface area contributed by atoms with Crippen LogP contribution in [-0.4, -0.2) is 46.2 Å². The van der Waals surface area contributed by atoms with E-state index < -0.39 is 5.41 Å². The Morgan fingerprint density at radius 1 is 1.15 bits per heavy atom. The number of benzene rings is 1. The van der Waals surface area contributed by atoms with Crippen LogP contribution < -0.4 is 0 Å². The second-order valence-electron chi connectivity index (χ2n) is 7.08. The second-order valence-corrected chi connectivity index (χ2v) is 7.08. The summed E-state index contributed by atoms with van der Waals surface area (Å²) < 4.78 is 13.4. The van der Waals surface area contributed by atoms with Crippen LogP contribution in [0.3, 0.4) is 0 Å². The Morgan fingerprint density at radius 2 is 2.00 bits per heavy atom. The van der Waals surface area contributed by atoms with Gasteiger partial charge in [0, 0.05) is 32.4 Å². The molecule has 0 radical (unpaired) electrons. The van der Waals surface area contributed by atoms with Crippen LogP contribution >= 0.6 is 0 Å². The van der Waals surface area contributed by atoms with Gasteiger partial charge in [0.25, 0.3) is 5.91 Å². The van der Waals surface area contributed by atoms with Crippen molar-refractivity contribution < 1.29 is 14.0 Å². The summed E-state index contributed by atoms with van der Waals surface area (Å²) in [5, 5.41) is 0. The predicted molar refractivity (Wildman–Crippen MR) is 93.6 cm³/mol. The average molecular weight is 353 g/mol. The molecule has 4 rings (SSSR count). The highest BCUT2D eigenvalue weighted by Gasteiger charge is 2.51. The van der Waals surface area contributed by atoms with E-state index >= 15 is 0 Å². The lowest BCUT2D eigenvalue weighted by Gasteiger charge is -2.23. The summed E-state index contributed by atoms with van der Waals surface area (Å²) in [4.78, 5) is 33.2. The Kier molecular flexibility index (Phi) is 4.18. The zero-order chi connectivity index (χ0) is 18.1. The first kappa shape index (κ1) is 16.7. The molecule has 0 unspecified atom stereocenters. The third kappa shape index (κ3) is 2.96. The first-order chi connectivity index (χ1) is 12.6. The Labute approximate surface area is 151 Å². The number of nitrogens with zero attached hydrogens (tertiary/aromatic N) is 3. The number of rotatable bonds is 3. The summed E-state index contributed by atoms with van der Waals surface area (Å²) in [5.74, 6) is -0.353. The molecule has 6 heteroatoms. The minimum atomic E-state index is -0.502. The van der Waals surface area contributed by atoms with Crippen LogP contribution in [0.4, 0.5) is 4.39 Å². The van der Waals surface area contributed by atoms with Gasteiger partial charge in [0.2, 0.25) is 5.91 Å². The molecule has 0 N–H and O–H groups in total. The zero-order valence-electron chi connectivity index (χ0n) is 14.4. The van der Waals surface area contributed by atoms with Gasteiger partial charge in [0.1, 0.15) is 11.5 Å². The molecule has 1 aromatic heterocycles. The third-order valence-electron chi connectivity index (χ3n) is 5.39. The minimum absolute atomic E-state index is 0.0677. The van der Waals surface area contributed by atoms with Gasteiger partial charge >= 0.3 is 0 Å². The summed E-state index contributed by atoms with van der Waals surface area (Å²) in [6.45, 7) is 2.04. The number of pyridine rings is 1. The van der Waals surface area contributed by atoms with Crippen LogP contribution in [0.5, 0.6) is 0 Å². The van der Waals surface area contributed by atoms with E-state index in [1.807, 2.05) is 6.07 Å². The Balaban J connectivity index is 1.45. The molecule has 2 aromatic rings. The van der Waals surface area contributed by atoms with Gasteiger partial charge in [-0.15, -0.1) is 0 Å². The van der Waals surface area contributed by atoms with Crippen molar-refractivity contribution >= 4 is 11.8 Å². The summed E-state index contributed by atoms with van der Waals surface area (Å²) in [6, 6.07) is 11.6. The number of carbonyl (C=O) groups is 2. The molecule has 2 saturated heterocycles. The Bertz CT molecular complexity index is 842. The molecule has 134 valence electrons. The highest BCUT2D eigenvalue weighted by atomic mass is 19.1. The van der Waals surface area contributed by atoms with E-state index in [1.54, 1.807) is 40.3 Å². The molecule has 1 aromatic carbocycles. The molecule has 2 aliphatic rings. The molecule has 2 aliphatic heterocycles. The average Bonchev–Trinajstić information content (AvgIpc) is 3.22. The van der Waals surface area contributed by atoms with Crippen molar-refractivity contribution in [3.8, 4) is 0 Å². The molecule has 0 bridgehead atoms. The highest BCUT2D eigenvalue weighted by molar-refractivity contribution is 5.94. The Morgan fingerprint density at radius 3 is 2.77 bits per heavy atom. The van der Waals surface area contributed by atoms with Gasteiger partial charge in [0.15, 0.2) is 0 Å². The normalized spacial score (nSPS) is 22.4. The van der Waals surface area contributed by atoms with Gasteiger partial charge in [-0.25, -0.2) is 4.39 Å². The molecule has 1 atom stereocenters. The lowest BCUT2D eigenvalue weighted by molar-refractivity contribution is -0.135. The van der Waals surface area contributed by atoms with Crippen LogP contribution in [-0.2, 0) is 11.3 Å². The van der Waals surface area contributed by atoms with Gasteiger partial charge < -0.3 is 9.80 Å². The van der Waals surface area contributed by atoms with Crippen molar-refractivity contribution in [2.45, 2.75) is 19.4 Å². The predicted octanol–water partition coefficient (Wildman–Crippen LogP) is 2.49. The largest absolute Gasteiger partial charge is 0.338 e. The van der Waals surface area contributed by atoms with Gasteiger partial charge in [-0.3, -0.25) is 14.6 Å². The first-order valence-corrected chi connectivity index (χ1v) is 8.82. The Hall–Kier alpha value is -2.76. The number of hydrogen-bond acceptors (Lipinski definition) is 3. The first-order valence-electron chi connectivity index (χ1n) is 8.82. The number of carbonyl (C=O) groups excluding carboxylic acids is 2. The van der Waals surface area contributed by atoms with Gasteiger partial charge in [-0.2, -0.15) is 0 Å². The fourth-order valence-corrected chi connectivity index (χ4v) is 3.98. The number of aromatic nitrogens is 1. The molecule has 2 fully saturated rings. The van der Waals surface area contributed by atoms with Crippen LogP contribution in [0, 0.1) is 11.2 Å². The molecular formula is C20H20FN3O2. The maximum atomic E-state index is 13.4.